The lowest BCUT2D eigenvalue weighted by atomic mass is 9.98. The Balaban J connectivity index is 2.16. The Labute approximate surface area is 120 Å². The number of hydrogen-bond acceptors (Lipinski definition) is 3. The SMILES string of the molecule is CC1(C)CN(C(=O)C2C(C(=O)O)C2(C)C)CC(C)(C)O1. The molecular weight excluding hydrogens is 258 g/mol. The second-order valence-corrected chi connectivity index (χ2v) is 7.93. The van der Waals surface area contributed by atoms with E-state index in [1.54, 1.807) is 4.90 Å². The Bertz CT molecular complexity index is 437. The van der Waals surface area contributed by atoms with E-state index in [0.717, 1.165) is 0 Å². The molecule has 1 N–H and O–H groups in total. The molecule has 1 aliphatic heterocycles. The Hall–Kier alpha value is -1.10. The predicted molar refractivity (Wildman–Crippen MR) is 74.2 cm³/mol. The summed E-state index contributed by atoms with van der Waals surface area (Å²) >= 11 is 0. The lowest BCUT2D eigenvalue weighted by Gasteiger charge is -2.47. The molecule has 0 spiro atoms. The highest BCUT2D eigenvalue weighted by Crippen LogP contribution is 2.59. The maximum absolute atomic E-state index is 12.7. The van der Waals surface area contributed by atoms with Crippen molar-refractivity contribution in [2.24, 2.45) is 17.3 Å². The largest absolute Gasteiger partial charge is 0.481 e. The summed E-state index contributed by atoms with van der Waals surface area (Å²) in [6.07, 6.45) is 0. The van der Waals surface area contributed by atoms with Gasteiger partial charge in [0.25, 0.3) is 0 Å². The van der Waals surface area contributed by atoms with E-state index in [0.29, 0.717) is 13.1 Å². The molecule has 0 aromatic heterocycles. The fraction of sp³-hybridized carbons (Fsp3) is 0.867. The van der Waals surface area contributed by atoms with Crippen molar-refractivity contribution in [2.45, 2.75) is 52.7 Å². The van der Waals surface area contributed by atoms with Gasteiger partial charge in [0.15, 0.2) is 0 Å². The van der Waals surface area contributed by atoms with Crippen molar-refractivity contribution in [3.63, 3.8) is 0 Å². The topological polar surface area (TPSA) is 66.8 Å². The molecule has 0 aromatic rings. The van der Waals surface area contributed by atoms with E-state index in [1.165, 1.54) is 0 Å². The van der Waals surface area contributed by atoms with Crippen LogP contribution in [0.3, 0.4) is 0 Å². The van der Waals surface area contributed by atoms with E-state index < -0.39 is 34.4 Å². The van der Waals surface area contributed by atoms with Crippen LogP contribution in [-0.2, 0) is 14.3 Å². The third kappa shape index (κ3) is 2.55. The molecule has 2 unspecified atom stereocenters. The summed E-state index contributed by atoms with van der Waals surface area (Å²) in [6, 6.07) is 0. The van der Waals surface area contributed by atoms with Crippen LogP contribution in [0.15, 0.2) is 0 Å². The highest BCUT2D eigenvalue weighted by atomic mass is 16.5. The molecule has 1 aliphatic carbocycles. The first-order valence-corrected chi connectivity index (χ1v) is 7.09. The zero-order valence-electron chi connectivity index (χ0n) is 13.2. The number of amides is 1. The number of hydrogen-bond donors (Lipinski definition) is 1. The summed E-state index contributed by atoms with van der Waals surface area (Å²) in [5, 5.41) is 9.22. The van der Waals surface area contributed by atoms with Crippen molar-refractivity contribution in [3.05, 3.63) is 0 Å². The zero-order valence-corrected chi connectivity index (χ0v) is 13.2. The van der Waals surface area contributed by atoms with E-state index in [1.807, 2.05) is 41.5 Å². The number of ether oxygens (including phenoxy) is 1. The third-order valence-corrected chi connectivity index (χ3v) is 4.37. The molecule has 5 nitrogen and oxygen atoms in total. The van der Waals surface area contributed by atoms with Gasteiger partial charge in [-0.2, -0.15) is 0 Å². The molecule has 1 saturated carbocycles. The average Bonchev–Trinajstić information content (AvgIpc) is 2.75. The maximum atomic E-state index is 12.7. The van der Waals surface area contributed by atoms with Gasteiger partial charge >= 0.3 is 5.97 Å². The molecule has 2 aliphatic rings. The predicted octanol–water partition coefficient (Wildman–Crippen LogP) is 1.76. The highest BCUT2D eigenvalue weighted by molar-refractivity contribution is 5.91. The fourth-order valence-electron chi connectivity index (χ4n) is 3.70. The van der Waals surface area contributed by atoms with Gasteiger partial charge in [-0.15, -0.1) is 0 Å². The monoisotopic (exact) mass is 283 g/mol. The number of carboxylic acids is 1. The van der Waals surface area contributed by atoms with Crippen molar-refractivity contribution in [2.75, 3.05) is 13.1 Å². The van der Waals surface area contributed by atoms with Gasteiger partial charge < -0.3 is 14.7 Å². The number of nitrogens with zero attached hydrogens (tertiary/aromatic N) is 1. The lowest BCUT2D eigenvalue weighted by Crippen LogP contribution is -2.59. The van der Waals surface area contributed by atoms with Gasteiger partial charge in [-0.3, -0.25) is 9.59 Å². The standard InChI is InChI=1S/C15H25NO4/c1-13(2)7-16(8-14(3,4)20-13)11(17)9-10(12(18)19)15(9,5)6/h9-10H,7-8H2,1-6H3,(H,18,19). The highest BCUT2D eigenvalue weighted by Gasteiger charge is 2.67. The molecule has 0 bridgehead atoms. The van der Waals surface area contributed by atoms with Gasteiger partial charge in [-0.05, 0) is 33.1 Å². The van der Waals surface area contributed by atoms with Crippen LogP contribution in [0, 0.1) is 17.3 Å². The summed E-state index contributed by atoms with van der Waals surface area (Å²) in [4.78, 5) is 25.7. The molecule has 1 heterocycles. The van der Waals surface area contributed by atoms with Crippen LogP contribution in [0.25, 0.3) is 0 Å². The number of aliphatic carboxylic acids is 1. The Kier molecular flexibility index (Phi) is 3.21. The van der Waals surface area contributed by atoms with Crippen LogP contribution < -0.4 is 0 Å². The van der Waals surface area contributed by atoms with Gasteiger partial charge in [0, 0.05) is 13.1 Å². The van der Waals surface area contributed by atoms with Crippen LogP contribution in [0.5, 0.6) is 0 Å². The number of carbonyl (C=O) groups is 2. The van der Waals surface area contributed by atoms with E-state index >= 15 is 0 Å². The molecule has 1 saturated heterocycles. The molecule has 1 amide bonds. The number of rotatable bonds is 2. The van der Waals surface area contributed by atoms with Crippen LogP contribution in [0.4, 0.5) is 0 Å². The summed E-state index contributed by atoms with van der Waals surface area (Å²) in [6.45, 7) is 12.6. The Morgan fingerprint density at radius 1 is 1.00 bits per heavy atom. The van der Waals surface area contributed by atoms with Crippen molar-refractivity contribution in [3.8, 4) is 0 Å². The molecule has 2 rings (SSSR count). The van der Waals surface area contributed by atoms with E-state index in [-0.39, 0.29) is 5.91 Å². The van der Waals surface area contributed by atoms with E-state index in [2.05, 4.69) is 0 Å². The molecule has 114 valence electrons. The fourth-order valence-corrected chi connectivity index (χ4v) is 3.70. The molecule has 2 atom stereocenters. The zero-order chi connectivity index (χ0) is 15.5. The first-order valence-electron chi connectivity index (χ1n) is 7.09. The van der Waals surface area contributed by atoms with Gasteiger partial charge in [0.2, 0.25) is 5.91 Å². The minimum atomic E-state index is -0.875. The summed E-state index contributed by atoms with van der Waals surface area (Å²) in [5.74, 6) is -1.90. The van der Waals surface area contributed by atoms with Crippen LogP contribution in [0.1, 0.15) is 41.5 Å². The molecule has 2 fully saturated rings. The van der Waals surface area contributed by atoms with Crippen LogP contribution in [-0.4, -0.2) is 46.2 Å². The second-order valence-electron chi connectivity index (χ2n) is 7.93. The number of carbonyl (C=O) groups excluding carboxylic acids is 1. The van der Waals surface area contributed by atoms with Crippen molar-refractivity contribution in [1.82, 2.24) is 4.90 Å². The molecule has 0 aromatic carbocycles. The quantitative estimate of drug-likeness (QED) is 0.838. The number of carboxylic acid groups (broad SMARTS) is 1. The lowest BCUT2D eigenvalue weighted by molar-refractivity contribution is -0.189. The molecule has 20 heavy (non-hydrogen) atoms. The second kappa shape index (κ2) is 4.20. The summed E-state index contributed by atoms with van der Waals surface area (Å²) in [5.41, 5.74) is -1.26. The van der Waals surface area contributed by atoms with Crippen LogP contribution in [0.2, 0.25) is 0 Å². The minimum absolute atomic E-state index is 0.0492. The smallest absolute Gasteiger partial charge is 0.307 e. The third-order valence-electron chi connectivity index (χ3n) is 4.37. The van der Waals surface area contributed by atoms with E-state index in [4.69, 9.17) is 4.74 Å². The Morgan fingerprint density at radius 3 is 1.80 bits per heavy atom. The number of morpholine rings is 1. The average molecular weight is 283 g/mol. The van der Waals surface area contributed by atoms with E-state index in [9.17, 15) is 14.7 Å². The molecular formula is C15H25NO4. The van der Waals surface area contributed by atoms with Gasteiger partial charge in [-0.25, -0.2) is 0 Å². The molecule has 0 radical (unpaired) electrons. The Morgan fingerprint density at radius 2 is 1.45 bits per heavy atom. The van der Waals surface area contributed by atoms with Gasteiger partial charge in [-0.1, -0.05) is 13.8 Å². The maximum Gasteiger partial charge on any atom is 0.307 e. The van der Waals surface area contributed by atoms with Gasteiger partial charge in [0.05, 0.1) is 23.0 Å². The van der Waals surface area contributed by atoms with Crippen molar-refractivity contribution >= 4 is 11.9 Å². The summed E-state index contributed by atoms with van der Waals surface area (Å²) < 4.78 is 5.96. The van der Waals surface area contributed by atoms with Crippen molar-refractivity contribution in [1.29, 1.82) is 0 Å². The van der Waals surface area contributed by atoms with Crippen molar-refractivity contribution < 1.29 is 19.4 Å². The first kappa shape index (κ1) is 15.3. The first-order chi connectivity index (χ1) is 8.87. The molecule has 5 heteroatoms. The minimum Gasteiger partial charge on any atom is -0.481 e. The normalized spacial score (nSPS) is 33.6. The summed E-state index contributed by atoms with van der Waals surface area (Å²) in [7, 11) is 0. The van der Waals surface area contributed by atoms with Crippen LogP contribution >= 0.6 is 0 Å². The van der Waals surface area contributed by atoms with Gasteiger partial charge in [0.1, 0.15) is 0 Å².